The van der Waals surface area contributed by atoms with Gasteiger partial charge < -0.3 is 4.90 Å². The number of hydrogen-bond acceptors (Lipinski definition) is 3. The minimum atomic E-state index is -3.56. The number of piperidine rings is 1. The van der Waals surface area contributed by atoms with Crippen molar-refractivity contribution in [2.75, 3.05) is 19.6 Å². The van der Waals surface area contributed by atoms with Crippen molar-refractivity contribution in [3.8, 4) is 0 Å². The third-order valence-corrected chi connectivity index (χ3v) is 8.24. The zero-order valence-electron chi connectivity index (χ0n) is 17.6. The van der Waals surface area contributed by atoms with Gasteiger partial charge in [-0.15, -0.1) is 0 Å². The zero-order chi connectivity index (χ0) is 21.1. The predicted molar refractivity (Wildman–Crippen MR) is 118 cm³/mol. The summed E-state index contributed by atoms with van der Waals surface area (Å²) >= 11 is 0. The Kier molecular flexibility index (Phi) is 6.25. The molecule has 30 heavy (non-hydrogen) atoms. The van der Waals surface area contributed by atoms with Gasteiger partial charge in [0.05, 0.1) is 4.90 Å². The molecule has 4 rings (SSSR count). The third-order valence-electron chi connectivity index (χ3n) is 6.34. The van der Waals surface area contributed by atoms with Crippen molar-refractivity contribution in [2.45, 2.75) is 56.4 Å². The molecule has 1 amide bonds. The van der Waals surface area contributed by atoms with Gasteiger partial charge in [-0.2, -0.15) is 4.31 Å². The maximum atomic E-state index is 13.4. The van der Waals surface area contributed by atoms with E-state index in [4.69, 9.17) is 0 Å². The largest absolute Gasteiger partial charge is 0.335 e. The van der Waals surface area contributed by atoms with E-state index in [1.807, 2.05) is 30.0 Å². The van der Waals surface area contributed by atoms with E-state index in [0.29, 0.717) is 18.7 Å². The molecule has 1 unspecified atom stereocenters. The SMILES string of the molecule is Cc1ccc(S(=O)(=O)N2CCCCC2)cc1C(=O)N1CCCC1Cc1ccccc1. The zero-order valence-corrected chi connectivity index (χ0v) is 18.4. The number of likely N-dealkylation sites (tertiary alicyclic amines) is 1. The lowest BCUT2D eigenvalue weighted by molar-refractivity contribution is 0.0735. The smallest absolute Gasteiger partial charge is 0.254 e. The second kappa shape index (κ2) is 8.90. The fourth-order valence-electron chi connectivity index (χ4n) is 4.60. The first-order valence-corrected chi connectivity index (χ1v) is 12.4. The van der Waals surface area contributed by atoms with E-state index in [9.17, 15) is 13.2 Å². The van der Waals surface area contributed by atoms with E-state index in [1.165, 1.54) is 5.56 Å². The van der Waals surface area contributed by atoms with Gasteiger partial charge in [0.15, 0.2) is 0 Å². The maximum Gasteiger partial charge on any atom is 0.254 e. The normalized spacial score (nSPS) is 20.4. The summed E-state index contributed by atoms with van der Waals surface area (Å²) < 4.78 is 27.8. The molecule has 1 atom stereocenters. The van der Waals surface area contributed by atoms with E-state index in [1.54, 1.807) is 22.5 Å². The molecule has 2 aliphatic rings. The molecule has 2 aliphatic heterocycles. The van der Waals surface area contributed by atoms with E-state index in [-0.39, 0.29) is 16.8 Å². The Labute approximate surface area is 179 Å². The van der Waals surface area contributed by atoms with Gasteiger partial charge in [-0.25, -0.2) is 8.42 Å². The average Bonchev–Trinajstić information content (AvgIpc) is 3.23. The van der Waals surface area contributed by atoms with Crippen molar-refractivity contribution < 1.29 is 13.2 Å². The molecule has 6 heteroatoms. The van der Waals surface area contributed by atoms with Crippen LogP contribution in [-0.2, 0) is 16.4 Å². The summed E-state index contributed by atoms with van der Waals surface area (Å²) in [6.45, 7) is 3.72. The number of carbonyl (C=O) groups is 1. The van der Waals surface area contributed by atoms with E-state index >= 15 is 0 Å². The first-order chi connectivity index (χ1) is 14.5. The summed E-state index contributed by atoms with van der Waals surface area (Å²) in [6.07, 6.45) is 5.65. The molecule has 0 aliphatic carbocycles. The first kappa shape index (κ1) is 21.1. The molecule has 0 spiro atoms. The van der Waals surface area contributed by atoms with Gasteiger partial charge >= 0.3 is 0 Å². The summed E-state index contributed by atoms with van der Waals surface area (Å²) in [4.78, 5) is 15.6. The number of rotatable bonds is 5. The number of amides is 1. The summed E-state index contributed by atoms with van der Waals surface area (Å²) in [7, 11) is -3.56. The van der Waals surface area contributed by atoms with Crippen LogP contribution >= 0.6 is 0 Å². The summed E-state index contributed by atoms with van der Waals surface area (Å²) in [5, 5.41) is 0. The standard InChI is InChI=1S/C24H30N2O3S/c1-19-12-13-22(30(28,29)25-14-6-3-7-15-25)18-23(19)24(27)26-16-8-11-21(26)17-20-9-4-2-5-10-20/h2,4-5,9-10,12-13,18,21H,3,6-8,11,14-17H2,1H3. The van der Waals surface area contributed by atoms with E-state index in [0.717, 1.165) is 50.6 Å². The van der Waals surface area contributed by atoms with Crippen LogP contribution in [0.5, 0.6) is 0 Å². The van der Waals surface area contributed by atoms with Crippen LogP contribution in [0, 0.1) is 6.92 Å². The van der Waals surface area contributed by atoms with Gasteiger partial charge in [0.1, 0.15) is 0 Å². The average molecular weight is 427 g/mol. The number of nitrogens with zero attached hydrogens (tertiary/aromatic N) is 2. The van der Waals surface area contributed by atoms with Gasteiger partial charge in [-0.1, -0.05) is 42.8 Å². The molecule has 2 aromatic rings. The Bertz CT molecular complexity index is 998. The molecule has 2 fully saturated rings. The summed E-state index contributed by atoms with van der Waals surface area (Å²) in [5.41, 5.74) is 2.55. The predicted octanol–water partition coefficient (Wildman–Crippen LogP) is 4.02. The lowest BCUT2D eigenvalue weighted by atomic mass is 10.0. The number of carbonyl (C=O) groups excluding carboxylic acids is 1. The Morgan fingerprint density at radius 1 is 0.967 bits per heavy atom. The minimum Gasteiger partial charge on any atom is -0.335 e. The third kappa shape index (κ3) is 4.30. The molecule has 0 bridgehead atoms. The van der Waals surface area contributed by atoms with Crippen LogP contribution in [0.3, 0.4) is 0 Å². The lowest BCUT2D eigenvalue weighted by Crippen LogP contribution is -2.38. The summed E-state index contributed by atoms with van der Waals surface area (Å²) in [6, 6.07) is 15.4. The van der Waals surface area contributed by atoms with Crippen LogP contribution in [-0.4, -0.2) is 49.2 Å². The van der Waals surface area contributed by atoms with Gasteiger partial charge in [0.2, 0.25) is 10.0 Å². The fourth-order valence-corrected chi connectivity index (χ4v) is 6.15. The van der Waals surface area contributed by atoms with Crippen LogP contribution < -0.4 is 0 Å². The molecule has 0 N–H and O–H groups in total. The molecule has 2 saturated heterocycles. The molecule has 0 saturated carbocycles. The monoisotopic (exact) mass is 426 g/mol. The molecule has 160 valence electrons. The Balaban J connectivity index is 1.58. The van der Waals surface area contributed by atoms with E-state index < -0.39 is 10.0 Å². The van der Waals surface area contributed by atoms with Gasteiger partial charge in [0, 0.05) is 31.2 Å². The molecular formula is C24H30N2O3S. The molecular weight excluding hydrogens is 396 g/mol. The molecule has 0 radical (unpaired) electrons. The Hall–Kier alpha value is -2.18. The highest BCUT2D eigenvalue weighted by molar-refractivity contribution is 7.89. The van der Waals surface area contributed by atoms with Crippen molar-refractivity contribution in [1.29, 1.82) is 0 Å². The summed E-state index contributed by atoms with van der Waals surface area (Å²) in [5.74, 6) is -0.0541. The van der Waals surface area contributed by atoms with E-state index in [2.05, 4.69) is 12.1 Å². The minimum absolute atomic E-state index is 0.0541. The van der Waals surface area contributed by atoms with Crippen molar-refractivity contribution in [3.05, 3.63) is 65.2 Å². The van der Waals surface area contributed by atoms with Crippen LogP contribution in [0.15, 0.2) is 53.4 Å². The number of sulfonamides is 1. The van der Waals surface area contributed by atoms with Crippen LogP contribution in [0.25, 0.3) is 0 Å². The van der Waals surface area contributed by atoms with Crippen molar-refractivity contribution in [3.63, 3.8) is 0 Å². The topological polar surface area (TPSA) is 57.7 Å². The van der Waals surface area contributed by atoms with Crippen molar-refractivity contribution in [1.82, 2.24) is 9.21 Å². The van der Waals surface area contributed by atoms with Gasteiger partial charge in [-0.05, 0) is 62.3 Å². The van der Waals surface area contributed by atoms with Crippen LogP contribution in [0.4, 0.5) is 0 Å². The highest BCUT2D eigenvalue weighted by Gasteiger charge is 2.32. The molecule has 2 heterocycles. The quantitative estimate of drug-likeness (QED) is 0.726. The molecule has 2 aromatic carbocycles. The number of aryl methyl sites for hydroxylation is 1. The van der Waals surface area contributed by atoms with Gasteiger partial charge in [-0.3, -0.25) is 4.79 Å². The highest BCUT2D eigenvalue weighted by Crippen LogP contribution is 2.27. The second-order valence-corrected chi connectivity index (χ2v) is 10.4. The number of benzene rings is 2. The Morgan fingerprint density at radius 2 is 1.70 bits per heavy atom. The van der Waals surface area contributed by atoms with Crippen LogP contribution in [0.1, 0.15) is 53.6 Å². The number of hydrogen-bond donors (Lipinski definition) is 0. The van der Waals surface area contributed by atoms with Crippen molar-refractivity contribution >= 4 is 15.9 Å². The maximum absolute atomic E-state index is 13.4. The highest BCUT2D eigenvalue weighted by atomic mass is 32.2. The lowest BCUT2D eigenvalue weighted by Gasteiger charge is -2.27. The second-order valence-electron chi connectivity index (χ2n) is 8.43. The van der Waals surface area contributed by atoms with Crippen LogP contribution in [0.2, 0.25) is 0 Å². The van der Waals surface area contributed by atoms with Gasteiger partial charge in [0.25, 0.3) is 5.91 Å². The Morgan fingerprint density at radius 3 is 2.43 bits per heavy atom. The molecule has 0 aromatic heterocycles. The van der Waals surface area contributed by atoms with Crippen molar-refractivity contribution in [2.24, 2.45) is 0 Å². The first-order valence-electron chi connectivity index (χ1n) is 10.9. The fraction of sp³-hybridized carbons (Fsp3) is 0.458. The molecule has 5 nitrogen and oxygen atoms in total.